The predicted octanol–water partition coefficient (Wildman–Crippen LogP) is 4.87. The Morgan fingerprint density at radius 2 is 1.62 bits per heavy atom. The third kappa shape index (κ3) is 4.40. The van der Waals surface area contributed by atoms with Crippen molar-refractivity contribution >= 4 is 21.6 Å². The van der Waals surface area contributed by atoms with Gasteiger partial charge in [-0.05, 0) is 54.8 Å². The Kier molecular flexibility index (Phi) is 6.22. The van der Waals surface area contributed by atoms with Crippen LogP contribution in [-0.4, -0.2) is 25.9 Å². The minimum atomic E-state index is -3.59. The van der Waals surface area contributed by atoms with Gasteiger partial charge in [0.1, 0.15) is 5.75 Å². The van der Waals surface area contributed by atoms with Crippen LogP contribution < -0.4 is 4.74 Å². The van der Waals surface area contributed by atoms with Crippen molar-refractivity contribution in [2.45, 2.75) is 49.6 Å². The summed E-state index contributed by atoms with van der Waals surface area (Å²) in [5.41, 5.74) is 0.953. The number of hydrogen-bond acceptors (Lipinski definition) is 3. The van der Waals surface area contributed by atoms with E-state index in [9.17, 15) is 8.42 Å². The molecule has 0 radical (unpaired) electrons. The van der Waals surface area contributed by atoms with Crippen LogP contribution in [0.25, 0.3) is 0 Å². The molecular formula is C20H24ClNO3S. The molecule has 0 unspecified atom stereocenters. The number of ether oxygens (including phenoxy) is 1. The first kappa shape index (κ1) is 19.2. The van der Waals surface area contributed by atoms with Gasteiger partial charge in [0, 0.05) is 17.6 Å². The Balaban J connectivity index is 1.92. The zero-order chi connectivity index (χ0) is 18.6. The number of halogens is 1. The predicted molar refractivity (Wildman–Crippen MR) is 104 cm³/mol. The van der Waals surface area contributed by atoms with Crippen molar-refractivity contribution in [3.63, 3.8) is 0 Å². The van der Waals surface area contributed by atoms with Crippen molar-refractivity contribution in [2.24, 2.45) is 0 Å². The molecule has 0 aliphatic heterocycles. The van der Waals surface area contributed by atoms with Gasteiger partial charge in [-0.15, -0.1) is 0 Å². The van der Waals surface area contributed by atoms with Crippen LogP contribution in [0.2, 0.25) is 5.02 Å². The van der Waals surface area contributed by atoms with E-state index in [1.54, 1.807) is 35.7 Å². The third-order valence-electron chi connectivity index (χ3n) is 4.90. The summed E-state index contributed by atoms with van der Waals surface area (Å²) in [4.78, 5) is 0.293. The Bertz CT molecular complexity index is 813. The highest BCUT2D eigenvalue weighted by atomic mass is 35.5. The summed E-state index contributed by atoms with van der Waals surface area (Å²) in [6.45, 7) is 0.361. The number of nitrogens with zero attached hydrogens (tertiary/aromatic N) is 1. The Morgan fingerprint density at radius 3 is 2.19 bits per heavy atom. The Labute approximate surface area is 160 Å². The zero-order valence-electron chi connectivity index (χ0n) is 14.9. The standard InChI is InChI=1S/C20H24ClNO3S/c1-25-19-11-7-16(8-12-19)15-22(18-5-3-2-4-6-18)26(23,24)20-13-9-17(21)10-14-20/h7-14,18H,2-6,15H2,1H3. The van der Waals surface area contributed by atoms with Crippen molar-refractivity contribution in [1.29, 1.82) is 0 Å². The molecule has 2 aromatic rings. The molecule has 4 nitrogen and oxygen atoms in total. The molecule has 2 aromatic carbocycles. The minimum absolute atomic E-state index is 0.0338. The first-order valence-corrected chi connectivity index (χ1v) is 10.7. The molecule has 1 fully saturated rings. The average molecular weight is 394 g/mol. The normalized spacial score (nSPS) is 16.0. The lowest BCUT2D eigenvalue weighted by Gasteiger charge is -2.33. The molecule has 0 bridgehead atoms. The molecule has 26 heavy (non-hydrogen) atoms. The van der Waals surface area contributed by atoms with E-state index in [1.165, 1.54) is 6.42 Å². The van der Waals surface area contributed by atoms with Crippen LogP contribution in [0, 0.1) is 0 Å². The van der Waals surface area contributed by atoms with Crippen molar-refractivity contribution in [2.75, 3.05) is 7.11 Å². The first-order valence-electron chi connectivity index (χ1n) is 8.91. The van der Waals surface area contributed by atoms with Crippen LogP contribution in [0.5, 0.6) is 5.75 Å². The fourth-order valence-electron chi connectivity index (χ4n) is 3.43. The quantitative estimate of drug-likeness (QED) is 0.703. The minimum Gasteiger partial charge on any atom is -0.497 e. The molecule has 3 rings (SSSR count). The summed E-state index contributed by atoms with van der Waals surface area (Å²) < 4.78 is 33.5. The maximum atomic E-state index is 13.3. The van der Waals surface area contributed by atoms with E-state index < -0.39 is 10.0 Å². The van der Waals surface area contributed by atoms with Gasteiger partial charge < -0.3 is 4.74 Å². The van der Waals surface area contributed by atoms with Gasteiger partial charge in [-0.1, -0.05) is 43.0 Å². The molecule has 0 aromatic heterocycles. The van der Waals surface area contributed by atoms with E-state index >= 15 is 0 Å². The second-order valence-corrected chi connectivity index (χ2v) is 8.97. The SMILES string of the molecule is COc1ccc(CN(C2CCCCC2)S(=O)(=O)c2ccc(Cl)cc2)cc1. The summed E-state index contributed by atoms with van der Waals surface area (Å²) in [5, 5.41) is 0.531. The monoisotopic (exact) mass is 393 g/mol. The average Bonchev–Trinajstić information content (AvgIpc) is 2.67. The highest BCUT2D eigenvalue weighted by molar-refractivity contribution is 7.89. The van der Waals surface area contributed by atoms with Crippen LogP contribution in [-0.2, 0) is 16.6 Å². The summed E-state index contributed by atoms with van der Waals surface area (Å²) in [6.07, 6.45) is 5.12. The van der Waals surface area contributed by atoms with Gasteiger partial charge in [0.25, 0.3) is 0 Å². The molecule has 0 spiro atoms. The maximum Gasteiger partial charge on any atom is 0.243 e. The summed E-state index contributed by atoms with van der Waals surface area (Å²) in [7, 11) is -1.97. The lowest BCUT2D eigenvalue weighted by atomic mass is 9.95. The number of rotatable bonds is 6. The molecule has 6 heteroatoms. The largest absolute Gasteiger partial charge is 0.497 e. The molecule has 0 atom stereocenters. The number of methoxy groups -OCH3 is 1. The van der Waals surface area contributed by atoms with E-state index in [-0.39, 0.29) is 6.04 Å². The number of benzene rings is 2. The summed E-state index contributed by atoms with van der Waals surface area (Å²) in [5.74, 6) is 0.763. The van der Waals surface area contributed by atoms with Crippen molar-refractivity contribution in [3.8, 4) is 5.75 Å². The summed E-state index contributed by atoms with van der Waals surface area (Å²) >= 11 is 5.93. The number of sulfonamides is 1. The molecule has 0 heterocycles. The highest BCUT2D eigenvalue weighted by Gasteiger charge is 2.32. The van der Waals surface area contributed by atoms with Crippen LogP contribution in [0.4, 0.5) is 0 Å². The lowest BCUT2D eigenvalue weighted by Crippen LogP contribution is -2.40. The van der Waals surface area contributed by atoms with Gasteiger partial charge in [-0.2, -0.15) is 4.31 Å². The van der Waals surface area contributed by atoms with Crippen LogP contribution in [0.15, 0.2) is 53.4 Å². The molecule has 0 N–H and O–H groups in total. The maximum absolute atomic E-state index is 13.3. The fraction of sp³-hybridized carbons (Fsp3) is 0.400. The molecule has 1 aliphatic carbocycles. The molecule has 0 saturated heterocycles. The van der Waals surface area contributed by atoms with Crippen LogP contribution in [0.3, 0.4) is 0 Å². The van der Waals surface area contributed by atoms with Crippen molar-refractivity contribution in [3.05, 3.63) is 59.1 Å². The van der Waals surface area contributed by atoms with E-state index in [4.69, 9.17) is 16.3 Å². The lowest BCUT2D eigenvalue weighted by molar-refractivity contribution is 0.247. The van der Waals surface area contributed by atoms with E-state index in [0.717, 1.165) is 37.0 Å². The van der Waals surface area contributed by atoms with E-state index in [0.29, 0.717) is 16.5 Å². The molecule has 140 valence electrons. The second-order valence-electron chi connectivity index (χ2n) is 6.64. The van der Waals surface area contributed by atoms with Gasteiger partial charge in [0.15, 0.2) is 0 Å². The second kappa shape index (κ2) is 8.42. The van der Waals surface area contributed by atoms with Crippen LogP contribution in [0.1, 0.15) is 37.7 Å². The zero-order valence-corrected chi connectivity index (χ0v) is 16.5. The summed E-state index contributed by atoms with van der Waals surface area (Å²) in [6, 6.07) is 14.0. The Morgan fingerprint density at radius 1 is 1.00 bits per heavy atom. The van der Waals surface area contributed by atoms with Crippen molar-refractivity contribution in [1.82, 2.24) is 4.31 Å². The fourth-order valence-corrected chi connectivity index (χ4v) is 5.23. The van der Waals surface area contributed by atoms with Gasteiger partial charge in [0.2, 0.25) is 10.0 Å². The molecular weight excluding hydrogens is 370 g/mol. The van der Waals surface area contributed by atoms with Gasteiger partial charge >= 0.3 is 0 Å². The van der Waals surface area contributed by atoms with Crippen molar-refractivity contribution < 1.29 is 13.2 Å². The topological polar surface area (TPSA) is 46.6 Å². The van der Waals surface area contributed by atoms with E-state index in [1.807, 2.05) is 24.3 Å². The van der Waals surface area contributed by atoms with Crippen LogP contribution >= 0.6 is 11.6 Å². The smallest absolute Gasteiger partial charge is 0.243 e. The molecule has 0 amide bonds. The van der Waals surface area contributed by atoms with E-state index in [2.05, 4.69) is 0 Å². The number of hydrogen-bond donors (Lipinski definition) is 0. The molecule has 1 aliphatic rings. The van der Waals surface area contributed by atoms with Gasteiger partial charge in [-0.25, -0.2) is 8.42 Å². The molecule has 1 saturated carbocycles. The highest BCUT2D eigenvalue weighted by Crippen LogP contribution is 2.30. The third-order valence-corrected chi connectivity index (χ3v) is 7.06. The van der Waals surface area contributed by atoms with Gasteiger partial charge in [-0.3, -0.25) is 0 Å². The Hall–Kier alpha value is -1.56. The first-order chi connectivity index (χ1) is 12.5. The van der Waals surface area contributed by atoms with Gasteiger partial charge in [0.05, 0.1) is 12.0 Å².